The third kappa shape index (κ3) is 3.58. The van der Waals surface area contributed by atoms with Gasteiger partial charge in [0.1, 0.15) is 11.9 Å². The number of aliphatic hydroxyl groups is 1. The van der Waals surface area contributed by atoms with Gasteiger partial charge in [-0.05, 0) is 62.8 Å². The van der Waals surface area contributed by atoms with Gasteiger partial charge in [-0.15, -0.1) is 0 Å². The van der Waals surface area contributed by atoms with Crippen LogP contribution in [0.2, 0.25) is 0 Å². The Labute approximate surface area is 160 Å². The zero-order chi connectivity index (χ0) is 19.0. The number of pyridine rings is 2. The monoisotopic (exact) mass is 369 g/mol. The number of ether oxygens (including phenoxy) is 2. The number of nitrogens with zero attached hydrogens (tertiary/aromatic N) is 3. The first kappa shape index (κ1) is 18.0. The molecule has 1 saturated heterocycles. The fraction of sp³-hybridized carbons (Fsp3) is 0.524. The van der Waals surface area contributed by atoms with Crippen LogP contribution in [0, 0.1) is 25.7 Å². The van der Waals surface area contributed by atoms with Crippen molar-refractivity contribution < 1.29 is 14.6 Å². The van der Waals surface area contributed by atoms with Gasteiger partial charge in [-0.3, -0.25) is 4.98 Å². The zero-order valence-electron chi connectivity index (χ0n) is 16.1. The molecular weight excluding hydrogens is 342 g/mol. The van der Waals surface area contributed by atoms with Crippen molar-refractivity contribution in [3.63, 3.8) is 0 Å². The largest absolute Gasteiger partial charge is 0.493 e. The third-order valence-electron chi connectivity index (χ3n) is 5.81. The molecule has 6 heteroatoms. The van der Waals surface area contributed by atoms with Crippen LogP contribution < -0.4 is 14.4 Å². The molecule has 1 aliphatic heterocycles. The number of anilines is 1. The zero-order valence-corrected chi connectivity index (χ0v) is 16.1. The summed E-state index contributed by atoms with van der Waals surface area (Å²) in [6, 6.07) is 7.73. The Morgan fingerprint density at radius 3 is 2.59 bits per heavy atom. The summed E-state index contributed by atoms with van der Waals surface area (Å²) in [5, 5.41) is 10.7. The molecule has 2 fully saturated rings. The molecule has 4 rings (SSSR count). The maximum Gasteiger partial charge on any atom is 0.171 e. The van der Waals surface area contributed by atoms with Gasteiger partial charge >= 0.3 is 0 Å². The molecule has 2 aromatic rings. The summed E-state index contributed by atoms with van der Waals surface area (Å²) in [5.41, 5.74) is 1.84. The second-order valence-corrected chi connectivity index (χ2v) is 7.69. The molecule has 2 aliphatic rings. The molecule has 1 saturated carbocycles. The summed E-state index contributed by atoms with van der Waals surface area (Å²) >= 11 is 0. The number of aromatic nitrogens is 2. The van der Waals surface area contributed by atoms with Crippen molar-refractivity contribution >= 4 is 5.82 Å². The number of fused-ring (bicyclic) bond motifs is 1. The number of aliphatic hydroxyl groups excluding tert-OH is 1. The number of hydrogen-bond donors (Lipinski definition) is 1. The predicted octanol–water partition coefficient (Wildman–Crippen LogP) is 2.76. The van der Waals surface area contributed by atoms with Crippen molar-refractivity contribution in [3.8, 4) is 11.5 Å². The lowest BCUT2D eigenvalue weighted by atomic mass is 9.78. The van der Waals surface area contributed by atoms with Gasteiger partial charge in [0.05, 0.1) is 18.9 Å². The number of methoxy groups -OCH3 is 1. The highest BCUT2D eigenvalue weighted by Crippen LogP contribution is 2.41. The van der Waals surface area contributed by atoms with Gasteiger partial charge in [0, 0.05) is 25.0 Å². The Bertz CT molecular complexity index is 813. The molecule has 144 valence electrons. The first-order chi connectivity index (χ1) is 13.0. The van der Waals surface area contributed by atoms with Crippen molar-refractivity contribution in [3.05, 3.63) is 41.9 Å². The second kappa shape index (κ2) is 7.35. The van der Waals surface area contributed by atoms with Crippen LogP contribution in [-0.4, -0.2) is 47.5 Å². The smallest absolute Gasteiger partial charge is 0.171 e. The standard InChI is InChI=1S/C21H27N3O3/c1-13-6-7-18(14(2)23-13)27-20-10-16-12-24(11-15(16)9-17(20)25)21-19(26-3)5-4-8-22-21/h4-8,15-17,20,25H,9-12H2,1-3H3/t15-,16+,17+,20+/m0/s1. The molecule has 2 aromatic heterocycles. The van der Waals surface area contributed by atoms with E-state index in [1.807, 2.05) is 38.1 Å². The van der Waals surface area contributed by atoms with Crippen LogP contribution in [-0.2, 0) is 0 Å². The van der Waals surface area contributed by atoms with Gasteiger partial charge < -0.3 is 19.5 Å². The molecule has 3 heterocycles. The van der Waals surface area contributed by atoms with E-state index in [0.717, 1.165) is 54.6 Å². The highest BCUT2D eigenvalue weighted by molar-refractivity contribution is 5.53. The Balaban J connectivity index is 1.47. The average Bonchev–Trinajstić information content (AvgIpc) is 3.06. The molecule has 6 nitrogen and oxygen atoms in total. The molecule has 0 unspecified atom stereocenters. The molecule has 0 spiro atoms. The molecule has 1 N–H and O–H groups in total. The van der Waals surface area contributed by atoms with Crippen LogP contribution in [0.3, 0.4) is 0 Å². The lowest BCUT2D eigenvalue weighted by molar-refractivity contribution is -0.0236. The van der Waals surface area contributed by atoms with Crippen LogP contribution in [0.1, 0.15) is 24.2 Å². The molecule has 27 heavy (non-hydrogen) atoms. The topological polar surface area (TPSA) is 67.7 Å². The lowest BCUT2D eigenvalue weighted by Crippen LogP contribution is -2.42. The van der Waals surface area contributed by atoms with E-state index in [2.05, 4.69) is 14.9 Å². The molecule has 0 radical (unpaired) electrons. The summed E-state index contributed by atoms with van der Waals surface area (Å²) in [7, 11) is 1.68. The van der Waals surface area contributed by atoms with Gasteiger partial charge in [0.25, 0.3) is 0 Å². The fourth-order valence-electron chi connectivity index (χ4n) is 4.43. The van der Waals surface area contributed by atoms with E-state index in [4.69, 9.17) is 9.47 Å². The van der Waals surface area contributed by atoms with Gasteiger partial charge in [-0.1, -0.05) is 0 Å². The maximum atomic E-state index is 10.7. The summed E-state index contributed by atoms with van der Waals surface area (Å²) < 4.78 is 11.6. The Hall–Kier alpha value is -2.34. The summed E-state index contributed by atoms with van der Waals surface area (Å²) in [5.74, 6) is 3.38. The third-order valence-corrected chi connectivity index (χ3v) is 5.81. The minimum atomic E-state index is -0.461. The van der Waals surface area contributed by atoms with Crippen molar-refractivity contribution in [2.45, 2.75) is 38.9 Å². The van der Waals surface area contributed by atoms with E-state index in [9.17, 15) is 5.11 Å². The van der Waals surface area contributed by atoms with Gasteiger partial charge in [-0.25, -0.2) is 4.98 Å². The maximum absolute atomic E-state index is 10.7. The van der Waals surface area contributed by atoms with E-state index < -0.39 is 6.10 Å². The molecule has 4 atom stereocenters. The van der Waals surface area contributed by atoms with E-state index in [-0.39, 0.29) is 6.10 Å². The van der Waals surface area contributed by atoms with Crippen molar-refractivity contribution in [1.29, 1.82) is 0 Å². The van der Waals surface area contributed by atoms with Gasteiger partial charge in [-0.2, -0.15) is 0 Å². The minimum absolute atomic E-state index is 0.194. The van der Waals surface area contributed by atoms with Gasteiger partial charge in [0.2, 0.25) is 0 Å². The fourth-order valence-corrected chi connectivity index (χ4v) is 4.43. The van der Waals surface area contributed by atoms with Crippen LogP contribution in [0.25, 0.3) is 0 Å². The highest BCUT2D eigenvalue weighted by Gasteiger charge is 2.43. The first-order valence-electron chi connectivity index (χ1n) is 9.58. The van der Waals surface area contributed by atoms with Crippen LogP contribution in [0.5, 0.6) is 11.5 Å². The van der Waals surface area contributed by atoms with Gasteiger partial charge in [0.15, 0.2) is 11.6 Å². The minimum Gasteiger partial charge on any atom is -0.493 e. The molecular formula is C21H27N3O3. The normalized spacial score (nSPS) is 27.3. The van der Waals surface area contributed by atoms with Crippen molar-refractivity contribution in [2.24, 2.45) is 11.8 Å². The molecule has 1 aliphatic carbocycles. The average molecular weight is 369 g/mol. The Morgan fingerprint density at radius 1 is 1.07 bits per heavy atom. The van der Waals surface area contributed by atoms with E-state index >= 15 is 0 Å². The predicted molar refractivity (Wildman–Crippen MR) is 103 cm³/mol. The van der Waals surface area contributed by atoms with Crippen LogP contribution in [0.4, 0.5) is 5.82 Å². The quantitative estimate of drug-likeness (QED) is 0.894. The molecule has 0 bridgehead atoms. The van der Waals surface area contributed by atoms with Crippen molar-refractivity contribution in [2.75, 3.05) is 25.1 Å². The highest BCUT2D eigenvalue weighted by atomic mass is 16.5. The van der Waals surface area contributed by atoms with E-state index in [1.54, 1.807) is 13.3 Å². The molecule has 0 aromatic carbocycles. The van der Waals surface area contributed by atoms with E-state index in [1.165, 1.54) is 0 Å². The van der Waals surface area contributed by atoms with E-state index in [0.29, 0.717) is 11.8 Å². The lowest BCUT2D eigenvalue weighted by Gasteiger charge is -2.35. The summed E-state index contributed by atoms with van der Waals surface area (Å²) in [4.78, 5) is 11.3. The number of aryl methyl sites for hydroxylation is 2. The number of rotatable bonds is 4. The van der Waals surface area contributed by atoms with Crippen LogP contribution >= 0.6 is 0 Å². The Morgan fingerprint density at radius 2 is 1.85 bits per heavy atom. The summed E-state index contributed by atoms with van der Waals surface area (Å²) in [6.07, 6.45) is 2.73. The van der Waals surface area contributed by atoms with Crippen LogP contribution in [0.15, 0.2) is 30.5 Å². The van der Waals surface area contributed by atoms with Crippen molar-refractivity contribution in [1.82, 2.24) is 9.97 Å². The summed E-state index contributed by atoms with van der Waals surface area (Å²) in [6.45, 7) is 5.73. The number of hydrogen-bond acceptors (Lipinski definition) is 6. The first-order valence-corrected chi connectivity index (χ1v) is 9.58. The molecule has 0 amide bonds. The Kier molecular flexibility index (Phi) is 4.91. The second-order valence-electron chi connectivity index (χ2n) is 7.69. The SMILES string of the molecule is COc1cccnc1N1C[C@H]2C[C@@H](Oc3ccc(C)nc3C)[C@H](O)C[C@H]2C1.